The van der Waals surface area contributed by atoms with Gasteiger partial charge in [-0.05, 0) is 35.6 Å². The molecule has 1 aliphatic heterocycles. The molecule has 2 N–H and O–H groups in total. The Hall–Kier alpha value is -1.55. The fourth-order valence-electron chi connectivity index (χ4n) is 2.02. The maximum Gasteiger partial charge on any atom is 0.345 e. The molecule has 1 aliphatic carbocycles. The van der Waals surface area contributed by atoms with Gasteiger partial charge in [0.05, 0.1) is 6.04 Å². The van der Waals surface area contributed by atoms with Gasteiger partial charge in [0.1, 0.15) is 4.88 Å². The van der Waals surface area contributed by atoms with E-state index in [0.29, 0.717) is 10.9 Å². The molecule has 0 bridgehead atoms. The molecule has 76 valence electrons. The van der Waals surface area contributed by atoms with E-state index in [2.05, 4.69) is 11.4 Å². The van der Waals surface area contributed by atoms with E-state index in [0.717, 1.165) is 16.2 Å². The Morgan fingerprint density at radius 1 is 1.60 bits per heavy atom. The number of hydrogen-bond donors (Lipinski definition) is 2. The standard InChI is InChI=1S/C11H9NO2S/c13-11(14)9-5-6-1-2-8-7(3-4-12-8)10(6)15-9/h1,3-5,8,12H,2H2,(H,13,14). The number of carboxylic acids is 1. The molecular formula is C11H9NO2S. The molecule has 1 atom stereocenters. The number of carboxylic acid groups (broad SMARTS) is 1. The van der Waals surface area contributed by atoms with E-state index in [4.69, 9.17) is 5.11 Å². The highest BCUT2D eigenvalue weighted by molar-refractivity contribution is 7.12. The largest absolute Gasteiger partial charge is 0.477 e. The van der Waals surface area contributed by atoms with Gasteiger partial charge in [0.25, 0.3) is 0 Å². The summed E-state index contributed by atoms with van der Waals surface area (Å²) in [6, 6.07) is 2.11. The number of thiophene rings is 1. The molecule has 1 aromatic heterocycles. The van der Waals surface area contributed by atoms with Gasteiger partial charge in [0.15, 0.2) is 0 Å². The summed E-state index contributed by atoms with van der Waals surface area (Å²) in [6.07, 6.45) is 7.01. The van der Waals surface area contributed by atoms with Gasteiger partial charge in [0, 0.05) is 4.53 Å². The Labute approximate surface area is 90.1 Å². The Kier molecular flexibility index (Phi) is 1.73. The van der Waals surface area contributed by atoms with Crippen LogP contribution in [0.1, 0.15) is 16.1 Å². The minimum Gasteiger partial charge on any atom is -0.477 e. The van der Waals surface area contributed by atoms with Crippen LogP contribution in [0.2, 0.25) is 0 Å². The van der Waals surface area contributed by atoms with Crippen LogP contribution < -0.4 is 15.1 Å². The smallest absolute Gasteiger partial charge is 0.345 e. The van der Waals surface area contributed by atoms with Crippen molar-refractivity contribution in [2.45, 2.75) is 12.5 Å². The van der Waals surface area contributed by atoms with E-state index in [1.54, 1.807) is 6.07 Å². The summed E-state index contributed by atoms with van der Waals surface area (Å²) in [6.45, 7) is 0. The lowest BCUT2D eigenvalue weighted by Gasteiger charge is -2.12. The van der Waals surface area contributed by atoms with Crippen molar-refractivity contribution >= 4 is 29.0 Å². The average molecular weight is 219 g/mol. The first-order chi connectivity index (χ1) is 7.25. The number of hydrogen-bond acceptors (Lipinski definition) is 3. The van der Waals surface area contributed by atoms with Crippen LogP contribution in [-0.4, -0.2) is 17.1 Å². The average Bonchev–Trinajstić information content (AvgIpc) is 2.82. The molecule has 0 amide bonds. The van der Waals surface area contributed by atoms with Crippen molar-refractivity contribution in [2.24, 2.45) is 0 Å². The van der Waals surface area contributed by atoms with Gasteiger partial charge in [-0.2, -0.15) is 0 Å². The maximum absolute atomic E-state index is 10.9. The van der Waals surface area contributed by atoms with E-state index in [1.165, 1.54) is 16.9 Å². The third-order valence-corrected chi connectivity index (χ3v) is 3.93. The number of carbonyl (C=O) groups is 1. The van der Waals surface area contributed by atoms with Crippen molar-refractivity contribution in [3.05, 3.63) is 33.0 Å². The Morgan fingerprint density at radius 2 is 2.47 bits per heavy atom. The van der Waals surface area contributed by atoms with Crippen molar-refractivity contribution in [3.63, 3.8) is 0 Å². The second-order valence-corrected chi connectivity index (χ2v) is 4.70. The van der Waals surface area contributed by atoms with Gasteiger partial charge in [-0.1, -0.05) is 6.08 Å². The van der Waals surface area contributed by atoms with Crippen molar-refractivity contribution in [3.8, 4) is 0 Å². The molecule has 4 heteroatoms. The van der Waals surface area contributed by atoms with Crippen molar-refractivity contribution in [1.82, 2.24) is 5.32 Å². The number of aromatic carboxylic acids is 1. The van der Waals surface area contributed by atoms with Crippen LogP contribution in [0.3, 0.4) is 0 Å². The van der Waals surface area contributed by atoms with Crippen LogP contribution in [0.5, 0.6) is 0 Å². The van der Waals surface area contributed by atoms with Gasteiger partial charge in [0.2, 0.25) is 0 Å². The van der Waals surface area contributed by atoms with Crippen LogP contribution in [-0.2, 0) is 0 Å². The second kappa shape index (κ2) is 2.97. The normalized spacial score (nSPS) is 21.6. The minimum absolute atomic E-state index is 0.345. The molecule has 3 rings (SSSR count). The lowest BCUT2D eigenvalue weighted by molar-refractivity contribution is 0.0702. The Bertz CT molecular complexity index is 582. The van der Waals surface area contributed by atoms with Gasteiger partial charge < -0.3 is 10.4 Å². The molecule has 0 radical (unpaired) electrons. The zero-order valence-corrected chi connectivity index (χ0v) is 8.67. The highest BCUT2D eigenvalue weighted by Crippen LogP contribution is 2.17. The van der Waals surface area contributed by atoms with E-state index >= 15 is 0 Å². The Balaban J connectivity index is 2.33. The summed E-state index contributed by atoms with van der Waals surface area (Å²) >= 11 is 1.36. The monoisotopic (exact) mass is 219 g/mol. The molecule has 0 fully saturated rings. The summed E-state index contributed by atoms with van der Waals surface area (Å²) < 4.78 is 1.10. The third-order valence-electron chi connectivity index (χ3n) is 2.74. The second-order valence-electron chi connectivity index (χ2n) is 3.65. The molecule has 1 aromatic rings. The molecule has 15 heavy (non-hydrogen) atoms. The van der Waals surface area contributed by atoms with Crippen molar-refractivity contribution in [1.29, 1.82) is 0 Å². The molecule has 3 nitrogen and oxygen atoms in total. The maximum atomic E-state index is 10.9. The van der Waals surface area contributed by atoms with Gasteiger partial charge in [-0.3, -0.25) is 0 Å². The van der Waals surface area contributed by atoms with E-state index in [9.17, 15) is 4.79 Å². The van der Waals surface area contributed by atoms with Gasteiger partial charge in [-0.25, -0.2) is 4.79 Å². The highest BCUT2D eigenvalue weighted by atomic mass is 32.1. The number of rotatable bonds is 1. The Morgan fingerprint density at radius 3 is 3.27 bits per heavy atom. The van der Waals surface area contributed by atoms with Gasteiger partial charge >= 0.3 is 5.97 Å². The van der Waals surface area contributed by atoms with Crippen LogP contribution in [0.25, 0.3) is 11.6 Å². The highest BCUT2D eigenvalue weighted by Gasteiger charge is 2.20. The first kappa shape index (κ1) is 8.73. The first-order valence-electron chi connectivity index (χ1n) is 4.76. The zero-order chi connectivity index (χ0) is 10.4. The molecular weight excluding hydrogens is 210 g/mol. The number of nitrogens with one attached hydrogen (secondary N) is 1. The summed E-state index contributed by atoms with van der Waals surface area (Å²) in [4.78, 5) is 11.3. The minimum atomic E-state index is -0.838. The summed E-state index contributed by atoms with van der Waals surface area (Å²) in [5.74, 6) is -0.838. The molecule has 2 heterocycles. The molecule has 0 saturated carbocycles. The number of fused-ring (bicyclic) bond motifs is 2. The molecule has 0 aromatic carbocycles. The fraction of sp³-hybridized carbons (Fsp3) is 0.182. The molecule has 0 saturated heterocycles. The molecule has 2 aliphatic rings. The van der Waals surface area contributed by atoms with Crippen LogP contribution >= 0.6 is 11.3 Å². The van der Waals surface area contributed by atoms with Crippen LogP contribution in [0.15, 0.2) is 18.3 Å². The summed E-state index contributed by atoms with van der Waals surface area (Å²) in [7, 11) is 0. The topological polar surface area (TPSA) is 49.3 Å². The van der Waals surface area contributed by atoms with E-state index < -0.39 is 5.97 Å². The van der Waals surface area contributed by atoms with Gasteiger partial charge in [-0.15, -0.1) is 11.3 Å². The quantitative estimate of drug-likeness (QED) is 0.712. The molecule has 0 spiro atoms. The van der Waals surface area contributed by atoms with E-state index in [1.807, 2.05) is 12.3 Å². The lowest BCUT2D eigenvalue weighted by Crippen LogP contribution is -2.33. The zero-order valence-electron chi connectivity index (χ0n) is 7.86. The third kappa shape index (κ3) is 1.22. The fourth-order valence-corrected chi connectivity index (χ4v) is 3.10. The predicted octanol–water partition coefficient (Wildman–Crippen LogP) is 0.267. The lowest BCUT2D eigenvalue weighted by atomic mass is 10.0. The summed E-state index contributed by atoms with van der Waals surface area (Å²) in [5, 5.41) is 13.2. The van der Waals surface area contributed by atoms with Crippen molar-refractivity contribution in [2.75, 3.05) is 0 Å². The van der Waals surface area contributed by atoms with Crippen molar-refractivity contribution < 1.29 is 9.90 Å². The van der Waals surface area contributed by atoms with Crippen LogP contribution in [0, 0.1) is 0 Å². The SMILES string of the molecule is O=C(O)c1cc2c(s1)=C1C=CNC1CC=2. The first-order valence-corrected chi connectivity index (χ1v) is 5.57. The van der Waals surface area contributed by atoms with Crippen LogP contribution in [0.4, 0.5) is 0 Å². The summed E-state index contributed by atoms with van der Waals surface area (Å²) in [5.41, 5.74) is 1.23. The predicted molar refractivity (Wildman–Crippen MR) is 59.1 cm³/mol. The molecule has 1 unspecified atom stereocenters. The van der Waals surface area contributed by atoms with E-state index in [-0.39, 0.29) is 0 Å².